The Morgan fingerprint density at radius 3 is 2.14 bits per heavy atom. The first-order chi connectivity index (χ1) is 9.81. The summed E-state index contributed by atoms with van der Waals surface area (Å²) in [7, 11) is -2.63. The lowest BCUT2D eigenvalue weighted by molar-refractivity contribution is -0.105. The van der Waals surface area contributed by atoms with Crippen molar-refractivity contribution in [3.63, 3.8) is 0 Å². The number of rotatable bonds is 3. The molecule has 0 saturated carbocycles. The number of aliphatic imine (C=N–C) groups is 1. The number of amidine groups is 1. The summed E-state index contributed by atoms with van der Waals surface area (Å²) in [4.78, 5) is 2.43. The standard InChI is InChI=1S/C10H6Cl2F6N2OS/c11-4-1-5(12)7(22(21)3-9(13,14)15)2-6(4)20-8(19)10(16,17)18/h1-2H,3H2,(H2,19,20). The monoisotopic (exact) mass is 386 g/mol. The van der Waals surface area contributed by atoms with Crippen LogP contribution in [0.25, 0.3) is 0 Å². The molecule has 0 bridgehead atoms. The van der Waals surface area contributed by atoms with Gasteiger partial charge in [0.25, 0.3) is 0 Å². The molecular formula is C10H6Cl2F6N2OS. The average Bonchev–Trinajstić information content (AvgIpc) is 2.28. The van der Waals surface area contributed by atoms with Crippen LogP contribution in [-0.2, 0) is 10.8 Å². The second-order valence-corrected chi connectivity index (χ2v) is 6.07. The minimum Gasteiger partial charge on any atom is -0.380 e. The third-order valence-electron chi connectivity index (χ3n) is 2.07. The highest BCUT2D eigenvalue weighted by molar-refractivity contribution is 7.85. The first-order valence-corrected chi connectivity index (χ1v) is 7.24. The van der Waals surface area contributed by atoms with Gasteiger partial charge < -0.3 is 5.73 Å². The van der Waals surface area contributed by atoms with E-state index in [1.54, 1.807) is 0 Å². The molecule has 0 radical (unpaired) electrons. The fraction of sp³-hybridized carbons (Fsp3) is 0.300. The molecule has 3 nitrogen and oxygen atoms in total. The highest BCUT2D eigenvalue weighted by Crippen LogP contribution is 2.35. The molecule has 0 aliphatic heterocycles. The van der Waals surface area contributed by atoms with Gasteiger partial charge in [-0.3, -0.25) is 4.21 Å². The number of alkyl halides is 6. The molecule has 12 heteroatoms. The largest absolute Gasteiger partial charge is 0.448 e. The molecule has 0 aromatic heterocycles. The van der Waals surface area contributed by atoms with Crippen molar-refractivity contribution < 1.29 is 30.6 Å². The van der Waals surface area contributed by atoms with Gasteiger partial charge in [0.1, 0.15) is 5.75 Å². The van der Waals surface area contributed by atoms with Gasteiger partial charge in [0.2, 0.25) is 5.84 Å². The first-order valence-electron chi connectivity index (χ1n) is 5.17. The van der Waals surface area contributed by atoms with Gasteiger partial charge in [-0.25, -0.2) is 4.99 Å². The van der Waals surface area contributed by atoms with Gasteiger partial charge in [-0.1, -0.05) is 23.2 Å². The normalized spacial score (nSPS) is 15.0. The summed E-state index contributed by atoms with van der Waals surface area (Å²) in [5, 5.41) is -0.776. The molecule has 0 amide bonds. The number of hydrogen-bond acceptors (Lipinski definition) is 2. The summed E-state index contributed by atoms with van der Waals surface area (Å²) in [6, 6.07) is 1.51. The second kappa shape index (κ2) is 6.63. The van der Waals surface area contributed by atoms with Gasteiger partial charge in [0.15, 0.2) is 0 Å². The molecule has 0 spiro atoms. The number of hydrogen-bond donors (Lipinski definition) is 1. The SMILES string of the molecule is NC(=Nc1cc(S(=O)CC(F)(F)F)c(Cl)cc1Cl)C(F)(F)F. The molecule has 0 heterocycles. The number of benzene rings is 1. The Balaban J connectivity index is 3.29. The molecule has 0 aliphatic rings. The van der Waals surface area contributed by atoms with Gasteiger partial charge in [-0.05, 0) is 12.1 Å². The van der Waals surface area contributed by atoms with Gasteiger partial charge in [0.05, 0.1) is 31.4 Å². The van der Waals surface area contributed by atoms with Crippen molar-refractivity contribution in [1.82, 2.24) is 0 Å². The smallest absolute Gasteiger partial charge is 0.380 e. The van der Waals surface area contributed by atoms with Crippen molar-refractivity contribution in [2.24, 2.45) is 10.7 Å². The van der Waals surface area contributed by atoms with Crippen molar-refractivity contribution in [2.45, 2.75) is 17.2 Å². The Bertz CT molecular complexity index is 629. The van der Waals surface area contributed by atoms with E-state index in [0.717, 1.165) is 6.07 Å². The molecule has 22 heavy (non-hydrogen) atoms. The van der Waals surface area contributed by atoms with Crippen molar-refractivity contribution in [2.75, 3.05) is 5.75 Å². The number of nitrogens with zero attached hydrogens (tertiary/aromatic N) is 1. The van der Waals surface area contributed by atoms with E-state index in [-0.39, 0.29) is 5.02 Å². The van der Waals surface area contributed by atoms with Gasteiger partial charge in [-0.15, -0.1) is 0 Å². The van der Waals surface area contributed by atoms with Crippen LogP contribution in [0.3, 0.4) is 0 Å². The second-order valence-electron chi connectivity index (χ2n) is 3.83. The summed E-state index contributed by atoms with van der Waals surface area (Å²) in [6.45, 7) is 0. The van der Waals surface area contributed by atoms with Crippen LogP contribution in [0, 0.1) is 0 Å². The lowest BCUT2D eigenvalue weighted by atomic mass is 10.3. The first kappa shape index (κ1) is 19.0. The Morgan fingerprint density at radius 2 is 1.68 bits per heavy atom. The Labute approximate surface area is 132 Å². The third kappa shape index (κ3) is 5.33. The molecule has 1 unspecified atom stereocenters. The van der Waals surface area contributed by atoms with Crippen LogP contribution in [0.15, 0.2) is 22.0 Å². The maximum Gasteiger partial charge on any atom is 0.448 e. The number of halogens is 8. The fourth-order valence-corrected chi connectivity index (χ4v) is 2.85. The Hall–Kier alpha value is -1.00. The summed E-state index contributed by atoms with van der Waals surface area (Å²) >= 11 is 11.2. The maximum atomic E-state index is 12.3. The van der Waals surface area contributed by atoms with E-state index in [4.69, 9.17) is 28.9 Å². The van der Waals surface area contributed by atoms with Gasteiger partial charge >= 0.3 is 12.4 Å². The van der Waals surface area contributed by atoms with E-state index in [9.17, 15) is 30.6 Å². The predicted octanol–water partition coefficient (Wildman–Crippen LogP) is 4.21. The fourth-order valence-electron chi connectivity index (χ4n) is 1.20. The van der Waals surface area contributed by atoms with Gasteiger partial charge in [-0.2, -0.15) is 26.3 Å². The zero-order valence-corrected chi connectivity index (χ0v) is 12.6. The molecule has 1 aromatic carbocycles. The predicted molar refractivity (Wildman–Crippen MR) is 71.1 cm³/mol. The quantitative estimate of drug-likeness (QED) is 0.480. The molecule has 1 rings (SSSR count). The summed E-state index contributed by atoms with van der Waals surface area (Å²) in [6.07, 6.45) is -9.70. The summed E-state index contributed by atoms with van der Waals surface area (Å²) < 4.78 is 85.1. The molecule has 1 aromatic rings. The molecular weight excluding hydrogens is 381 g/mol. The van der Waals surface area contributed by atoms with Crippen LogP contribution in [0.4, 0.5) is 32.0 Å². The van der Waals surface area contributed by atoms with Crippen LogP contribution >= 0.6 is 23.2 Å². The highest BCUT2D eigenvalue weighted by Gasteiger charge is 2.34. The minimum atomic E-state index is -4.95. The van der Waals surface area contributed by atoms with E-state index >= 15 is 0 Å². The highest BCUT2D eigenvalue weighted by atomic mass is 35.5. The van der Waals surface area contributed by atoms with Crippen molar-refractivity contribution in [3.8, 4) is 0 Å². The lowest BCUT2D eigenvalue weighted by Gasteiger charge is -2.10. The topological polar surface area (TPSA) is 55.4 Å². The molecule has 124 valence electrons. The lowest BCUT2D eigenvalue weighted by Crippen LogP contribution is -2.30. The van der Waals surface area contributed by atoms with Crippen molar-refractivity contribution in [1.29, 1.82) is 0 Å². The maximum absolute atomic E-state index is 12.3. The summed E-state index contributed by atoms with van der Waals surface area (Å²) in [5.41, 5.74) is 4.10. The third-order valence-corrected chi connectivity index (χ3v) is 4.22. The van der Waals surface area contributed by atoms with Crippen LogP contribution in [0.5, 0.6) is 0 Å². The molecule has 2 N–H and O–H groups in total. The molecule has 1 atom stereocenters. The van der Waals surface area contributed by atoms with Crippen LogP contribution in [-0.4, -0.2) is 28.1 Å². The average molecular weight is 387 g/mol. The minimum absolute atomic E-state index is 0.384. The van der Waals surface area contributed by atoms with Gasteiger partial charge in [0, 0.05) is 0 Å². The van der Waals surface area contributed by atoms with E-state index in [1.165, 1.54) is 0 Å². The van der Waals surface area contributed by atoms with E-state index < -0.39 is 50.3 Å². The summed E-state index contributed by atoms with van der Waals surface area (Å²) in [5.74, 6) is -3.48. The van der Waals surface area contributed by atoms with Crippen LogP contribution < -0.4 is 5.73 Å². The van der Waals surface area contributed by atoms with E-state index in [2.05, 4.69) is 4.99 Å². The Morgan fingerprint density at radius 1 is 1.14 bits per heavy atom. The zero-order valence-electron chi connectivity index (χ0n) is 10.2. The molecule has 0 fully saturated rings. The van der Waals surface area contributed by atoms with E-state index in [0.29, 0.717) is 6.07 Å². The molecule has 0 aliphatic carbocycles. The van der Waals surface area contributed by atoms with Crippen LogP contribution in [0.1, 0.15) is 0 Å². The number of nitrogens with two attached hydrogens (primary N) is 1. The molecule has 0 saturated heterocycles. The Kier molecular flexibility index (Phi) is 5.74. The van der Waals surface area contributed by atoms with Crippen molar-refractivity contribution in [3.05, 3.63) is 22.2 Å². The van der Waals surface area contributed by atoms with E-state index in [1.807, 2.05) is 0 Å². The van der Waals surface area contributed by atoms with Crippen LogP contribution in [0.2, 0.25) is 10.0 Å². The van der Waals surface area contributed by atoms with Crippen molar-refractivity contribution >= 4 is 45.5 Å². The zero-order chi connectivity index (χ0) is 17.3.